The quantitative estimate of drug-likeness (QED) is 0.630. The van der Waals surface area contributed by atoms with Crippen LogP contribution in [0.5, 0.6) is 11.5 Å². The van der Waals surface area contributed by atoms with Gasteiger partial charge in [0.05, 0.1) is 11.0 Å². The van der Waals surface area contributed by atoms with Gasteiger partial charge in [0.1, 0.15) is 5.69 Å². The maximum Gasteiger partial charge on any atom is 0.296 e. The highest BCUT2D eigenvalue weighted by atomic mass is 16.7. The van der Waals surface area contributed by atoms with E-state index in [1.165, 1.54) is 12.1 Å². The van der Waals surface area contributed by atoms with E-state index in [9.17, 15) is 14.9 Å². The molecule has 1 amide bonds. The van der Waals surface area contributed by atoms with Crippen molar-refractivity contribution in [1.82, 2.24) is 0 Å². The minimum Gasteiger partial charge on any atom is -0.454 e. The molecule has 1 aromatic carbocycles. The lowest BCUT2D eigenvalue weighted by molar-refractivity contribution is -0.384. The van der Waals surface area contributed by atoms with Gasteiger partial charge in [-0.2, -0.15) is 0 Å². The summed E-state index contributed by atoms with van der Waals surface area (Å²) in [5.41, 5.74) is 5.65. The number of benzene rings is 1. The lowest BCUT2D eigenvalue weighted by atomic mass is 10.0. The number of anilines is 1. The van der Waals surface area contributed by atoms with Gasteiger partial charge in [-0.3, -0.25) is 14.9 Å². The molecular weight excluding hydrogens is 278 g/mol. The van der Waals surface area contributed by atoms with E-state index in [0.717, 1.165) is 0 Å². The molecule has 1 atom stereocenters. The first-order valence-corrected chi connectivity index (χ1v) is 6.52. The van der Waals surface area contributed by atoms with Crippen molar-refractivity contribution in [1.29, 1.82) is 0 Å². The summed E-state index contributed by atoms with van der Waals surface area (Å²) in [5.74, 6) is 0.420. The van der Waals surface area contributed by atoms with Crippen LogP contribution in [0.1, 0.15) is 20.3 Å². The van der Waals surface area contributed by atoms with Gasteiger partial charge in [0.15, 0.2) is 11.5 Å². The van der Waals surface area contributed by atoms with Crippen molar-refractivity contribution in [3.8, 4) is 11.5 Å². The molecule has 3 N–H and O–H groups in total. The molecule has 0 aromatic heterocycles. The van der Waals surface area contributed by atoms with Crippen LogP contribution in [0.15, 0.2) is 12.1 Å². The van der Waals surface area contributed by atoms with Crippen molar-refractivity contribution in [2.24, 2.45) is 11.7 Å². The number of nitrogens with two attached hydrogens (primary N) is 1. The van der Waals surface area contributed by atoms with Crippen LogP contribution in [-0.2, 0) is 4.79 Å². The molecule has 1 aliphatic heterocycles. The Labute approximate surface area is 121 Å². The Balaban J connectivity index is 2.19. The first kappa shape index (κ1) is 15.0. The van der Waals surface area contributed by atoms with Gasteiger partial charge in [-0.05, 0) is 5.92 Å². The van der Waals surface area contributed by atoms with Crippen molar-refractivity contribution in [3.05, 3.63) is 22.2 Å². The molecule has 0 aliphatic carbocycles. The minimum absolute atomic E-state index is 0.00209. The second-order valence-electron chi connectivity index (χ2n) is 5.14. The topological polar surface area (TPSA) is 117 Å². The monoisotopic (exact) mass is 295 g/mol. The number of ether oxygens (including phenoxy) is 2. The van der Waals surface area contributed by atoms with E-state index < -0.39 is 4.92 Å². The molecule has 1 aromatic rings. The highest BCUT2D eigenvalue weighted by Crippen LogP contribution is 2.40. The minimum atomic E-state index is -0.583. The summed E-state index contributed by atoms with van der Waals surface area (Å²) in [4.78, 5) is 22.4. The predicted molar refractivity (Wildman–Crippen MR) is 75.3 cm³/mol. The normalized spacial score (nSPS) is 14.1. The second kappa shape index (κ2) is 5.96. The lowest BCUT2D eigenvalue weighted by Gasteiger charge is -2.15. The summed E-state index contributed by atoms with van der Waals surface area (Å²) < 4.78 is 10.2. The van der Waals surface area contributed by atoms with E-state index in [1.54, 1.807) is 0 Å². The summed E-state index contributed by atoms with van der Waals surface area (Å²) in [7, 11) is 0. The van der Waals surface area contributed by atoms with Gasteiger partial charge in [-0.25, -0.2) is 0 Å². The highest BCUT2D eigenvalue weighted by Gasteiger charge is 2.25. The number of amides is 1. The molecule has 0 bridgehead atoms. The molecule has 21 heavy (non-hydrogen) atoms. The number of hydrogen-bond donors (Lipinski definition) is 2. The molecular formula is C13H17N3O5. The summed E-state index contributed by atoms with van der Waals surface area (Å²) in [6.45, 7) is 3.81. The highest BCUT2D eigenvalue weighted by molar-refractivity contribution is 5.94. The number of carbonyl (C=O) groups excluding carboxylic acids is 1. The van der Waals surface area contributed by atoms with Crippen LogP contribution in [0, 0.1) is 16.0 Å². The lowest BCUT2D eigenvalue weighted by Crippen LogP contribution is -2.31. The number of nitro benzene ring substituents is 1. The van der Waals surface area contributed by atoms with Gasteiger partial charge in [-0.15, -0.1) is 0 Å². The van der Waals surface area contributed by atoms with Crippen LogP contribution in [0.25, 0.3) is 0 Å². The molecule has 2 rings (SSSR count). The van der Waals surface area contributed by atoms with Gasteiger partial charge in [-0.1, -0.05) is 13.8 Å². The van der Waals surface area contributed by atoms with Crippen molar-refractivity contribution < 1.29 is 19.2 Å². The van der Waals surface area contributed by atoms with Crippen LogP contribution in [-0.4, -0.2) is 23.7 Å². The van der Waals surface area contributed by atoms with E-state index >= 15 is 0 Å². The molecule has 0 saturated heterocycles. The SMILES string of the molecule is CC(C)C(N)CC(=O)Nc1cc2c(cc1[N+](=O)[O-])OCO2. The number of nitrogens with zero attached hydrogens (tertiary/aromatic N) is 1. The van der Waals surface area contributed by atoms with Crippen molar-refractivity contribution in [3.63, 3.8) is 0 Å². The zero-order valence-corrected chi connectivity index (χ0v) is 11.8. The number of nitrogens with one attached hydrogen (secondary N) is 1. The van der Waals surface area contributed by atoms with Crippen molar-refractivity contribution in [2.75, 3.05) is 12.1 Å². The van der Waals surface area contributed by atoms with Gasteiger partial charge >= 0.3 is 0 Å². The van der Waals surface area contributed by atoms with E-state index in [1.807, 2.05) is 13.8 Å². The van der Waals surface area contributed by atoms with Gasteiger partial charge in [0.2, 0.25) is 12.7 Å². The summed E-state index contributed by atoms with van der Waals surface area (Å²) in [6, 6.07) is 2.32. The van der Waals surface area contributed by atoms with Gasteiger partial charge in [0.25, 0.3) is 5.69 Å². The van der Waals surface area contributed by atoms with Gasteiger partial charge < -0.3 is 20.5 Å². The Morgan fingerprint density at radius 3 is 2.62 bits per heavy atom. The Hall–Kier alpha value is -2.35. The molecule has 1 aliphatic rings. The third-order valence-corrected chi connectivity index (χ3v) is 3.24. The Morgan fingerprint density at radius 1 is 1.43 bits per heavy atom. The fraction of sp³-hybridized carbons (Fsp3) is 0.462. The maximum atomic E-state index is 11.9. The average Bonchev–Trinajstić information content (AvgIpc) is 2.84. The summed E-state index contributed by atoms with van der Waals surface area (Å²) >= 11 is 0. The number of fused-ring (bicyclic) bond motifs is 1. The average molecular weight is 295 g/mol. The standard InChI is InChI=1S/C13H17N3O5/c1-7(2)8(14)3-13(17)15-9-4-11-12(21-6-20-11)5-10(9)16(18)19/h4-5,7-8H,3,6,14H2,1-2H3,(H,15,17). The first-order chi connectivity index (χ1) is 9.88. The number of carbonyl (C=O) groups is 1. The van der Waals surface area contributed by atoms with Crippen LogP contribution < -0.4 is 20.5 Å². The molecule has 8 nitrogen and oxygen atoms in total. The van der Waals surface area contributed by atoms with Crippen LogP contribution in [0.4, 0.5) is 11.4 Å². The van der Waals surface area contributed by atoms with Crippen LogP contribution >= 0.6 is 0 Å². The van der Waals surface area contributed by atoms with Crippen molar-refractivity contribution >= 4 is 17.3 Å². The van der Waals surface area contributed by atoms with E-state index in [2.05, 4.69) is 5.32 Å². The van der Waals surface area contributed by atoms with E-state index in [-0.39, 0.29) is 42.5 Å². The molecule has 0 spiro atoms. The predicted octanol–water partition coefficient (Wildman–Crippen LogP) is 1.64. The molecule has 8 heteroatoms. The largest absolute Gasteiger partial charge is 0.454 e. The second-order valence-corrected chi connectivity index (χ2v) is 5.14. The summed E-state index contributed by atoms with van der Waals surface area (Å²) in [6.07, 6.45) is 0.0866. The van der Waals surface area contributed by atoms with Crippen LogP contribution in [0.3, 0.4) is 0 Å². The Kier molecular flexibility index (Phi) is 4.27. The zero-order valence-electron chi connectivity index (χ0n) is 11.8. The molecule has 114 valence electrons. The smallest absolute Gasteiger partial charge is 0.296 e. The first-order valence-electron chi connectivity index (χ1n) is 6.52. The van der Waals surface area contributed by atoms with E-state index in [0.29, 0.717) is 11.5 Å². The number of nitro groups is 1. The van der Waals surface area contributed by atoms with Crippen molar-refractivity contribution in [2.45, 2.75) is 26.3 Å². The molecule has 0 radical (unpaired) electrons. The molecule has 0 fully saturated rings. The third kappa shape index (κ3) is 3.40. The van der Waals surface area contributed by atoms with Gasteiger partial charge in [0, 0.05) is 18.5 Å². The molecule has 1 heterocycles. The fourth-order valence-electron chi connectivity index (χ4n) is 1.83. The summed E-state index contributed by atoms with van der Waals surface area (Å²) in [5, 5.41) is 13.6. The van der Waals surface area contributed by atoms with E-state index in [4.69, 9.17) is 15.2 Å². The Bertz CT molecular complexity index is 573. The molecule has 1 unspecified atom stereocenters. The fourth-order valence-corrected chi connectivity index (χ4v) is 1.83. The van der Waals surface area contributed by atoms with Crippen LogP contribution in [0.2, 0.25) is 0 Å². The third-order valence-electron chi connectivity index (χ3n) is 3.24. The Morgan fingerprint density at radius 2 is 2.05 bits per heavy atom. The zero-order chi connectivity index (χ0) is 15.6. The number of hydrogen-bond acceptors (Lipinski definition) is 6. The number of rotatable bonds is 5. The molecule has 0 saturated carbocycles. The maximum absolute atomic E-state index is 11.9.